The largest absolute Gasteiger partial charge is 0.427 e. The third kappa shape index (κ3) is 1.20. The minimum atomic E-state index is 0.678. The lowest BCUT2D eigenvalue weighted by Gasteiger charge is -2.19. The summed E-state index contributed by atoms with van der Waals surface area (Å²) in [5.41, 5.74) is 0. The van der Waals surface area contributed by atoms with E-state index in [1.54, 1.807) is 6.26 Å². The highest BCUT2D eigenvalue weighted by molar-refractivity contribution is 4.89. The monoisotopic (exact) mass is 151 g/mol. The third-order valence-electron chi connectivity index (χ3n) is 3.25. The lowest BCUT2D eigenvalue weighted by atomic mass is 9.90. The van der Waals surface area contributed by atoms with Crippen molar-refractivity contribution in [1.29, 1.82) is 5.26 Å². The van der Waals surface area contributed by atoms with Gasteiger partial charge in [-0.05, 0) is 37.0 Å². The number of nitriles is 1. The van der Waals surface area contributed by atoms with Crippen molar-refractivity contribution in [2.24, 2.45) is 17.8 Å². The second kappa shape index (κ2) is 2.73. The van der Waals surface area contributed by atoms with Crippen LogP contribution < -0.4 is 0 Å². The summed E-state index contributed by atoms with van der Waals surface area (Å²) in [5.74, 6) is 2.55. The smallest absolute Gasteiger partial charge is 0.286 e. The molecular weight excluding hydrogens is 138 g/mol. The zero-order chi connectivity index (χ0) is 7.68. The standard InChI is InChI=1S/C9H13NO/c10-6-11-5-9-4-7-1-2-8(9)3-7/h7-9H,1-5H2. The Labute approximate surface area is 67.2 Å². The minimum Gasteiger partial charge on any atom is -0.427 e. The number of ether oxygens (including phenoxy) is 1. The lowest BCUT2D eigenvalue weighted by molar-refractivity contribution is 0.167. The number of hydrogen-bond acceptors (Lipinski definition) is 2. The van der Waals surface area contributed by atoms with Crippen LogP contribution in [0.5, 0.6) is 0 Å². The van der Waals surface area contributed by atoms with E-state index in [4.69, 9.17) is 10.00 Å². The van der Waals surface area contributed by atoms with Crippen molar-refractivity contribution in [3.05, 3.63) is 0 Å². The molecule has 2 aliphatic rings. The van der Waals surface area contributed by atoms with Gasteiger partial charge >= 0.3 is 0 Å². The summed E-state index contributed by atoms with van der Waals surface area (Å²) in [4.78, 5) is 0. The molecule has 2 nitrogen and oxygen atoms in total. The molecule has 0 radical (unpaired) electrons. The fraction of sp³-hybridized carbons (Fsp3) is 0.889. The molecule has 2 bridgehead atoms. The summed E-state index contributed by atoms with van der Waals surface area (Å²) < 4.78 is 4.78. The van der Waals surface area contributed by atoms with Crippen LogP contribution in [0.3, 0.4) is 0 Å². The van der Waals surface area contributed by atoms with Crippen LogP contribution in [-0.4, -0.2) is 6.61 Å². The molecule has 0 aromatic heterocycles. The van der Waals surface area contributed by atoms with Gasteiger partial charge in [0.05, 0.1) is 0 Å². The first-order valence-electron chi connectivity index (χ1n) is 4.41. The fourth-order valence-corrected chi connectivity index (χ4v) is 2.72. The highest BCUT2D eigenvalue weighted by Gasteiger charge is 2.39. The van der Waals surface area contributed by atoms with Gasteiger partial charge in [0.1, 0.15) is 6.61 Å². The van der Waals surface area contributed by atoms with E-state index in [2.05, 4.69) is 0 Å². The summed E-state index contributed by atoms with van der Waals surface area (Å²) in [6.07, 6.45) is 7.27. The lowest BCUT2D eigenvalue weighted by Crippen LogP contribution is -2.15. The summed E-state index contributed by atoms with van der Waals surface area (Å²) in [6, 6.07) is 0. The first-order chi connectivity index (χ1) is 5.40. The molecule has 0 aromatic rings. The summed E-state index contributed by atoms with van der Waals surface area (Å²) in [7, 11) is 0. The Morgan fingerprint density at radius 2 is 2.27 bits per heavy atom. The Bertz CT molecular complexity index is 184. The highest BCUT2D eigenvalue weighted by atomic mass is 16.5. The predicted octanol–water partition coefficient (Wildman–Crippen LogP) is 1.92. The van der Waals surface area contributed by atoms with Crippen molar-refractivity contribution in [1.82, 2.24) is 0 Å². The number of nitrogens with zero attached hydrogens (tertiary/aromatic N) is 1. The zero-order valence-electron chi connectivity index (χ0n) is 6.62. The topological polar surface area (TPSA) is 33.0 Å². The Morgan fingerprint density at radius 1 is 1.36 bits per heavy atom. The van der Waals surface area contributed by atoms with Gasteiger partial charge in [0.15, 0.2) is 0 Å². The van der Waals surface area contributed by atoms with Gasteiger partial charge in [0, 0.05) is 0 Å². The van der Waals surface area contributed by atoms with E-state index in [0.717, 1.165) is 11.8 Å². The quantitative estimate of drug-likeness (QED) is 0.565. The van der Waals surface area contributed by atoms with Crippen LogP contribution >= 0.6 is 0 Å². The molecule has 2 saturated carbocycles. The van der Waals surface area contributed by atoms with Gasteiger partial charge in [0.2, 0.25) is 0 Å². The summed E-state index contributed by atoms with van der Waals surface area (Å²) >= 11 is 0. The van der Waals surface area contributed by atoms with E-state index in [1.165, 1.54) is 25.7 Å². The van der Waals surface area contributed by atoms with E-state index >= 15 is 0 Å². The van der Waals surface area contributed by atoms with Gasteiger partial charge in [-0.15, -0.1) is 0 Å². The Hall–Kier alpha value is -0.710. The van der Waals surface area contributed by atoms with Crippen LogP contribution in [0.1, 0.15) is 25.7 Å². The van der Waals surface area contributed by atoms with Crippen LogP contribution in [-0.2, 0) is 4.74 Å². The van der Waals surface area contributed by atoms with Crippen molar-refractivity contribution in [3.8, 4) is 6.26 Å². The zero-order valence-corrected chi connectivity index (χ0v) is 6.62. The Balaban J connectivity index is 1.84. The van der Waals surface area contributed by atoms with Gasteiger partial charge in [0.25, 0.3) is 6.26 Å². The van der Waals surface area contributed by atoms with E-state index in [9.17, 15) is 0 Å². The molecule has 0 spiro atoms. The Kier molecular flexibility index (Phi) is 1.73. The molecule has 0 aromatic carbocycles. The SMILES string of the molecule is N#COCC1CC2CCC1C2. The van der Waals surface area contributed by atoms with Crippen molar-refractivity contribution in [2.75, 3.05) is 6.61 Å². The van der Waals surface area contributed by atoms with E-state index in [1.807, 2.05) is 0 Å². The molecule has 3 atom stereocenters. The van der Waals surface area contributed by atoms with Gasteiger partial charge in [-0.2, -0.15) is 5.26 Å². The molecule has 0 saturated heterocycles. The molecule has 2 rings (SSSR count). The van der Waals surface area contributed by atoms with Gasteiger partial charge in [-0.3, -0.25) is 0 Å². The molecule has 11 heavy (non-hydrogen) atoms. The molecule has 0 N–H and O–H groups in total. The Morgan fingerprint density at radius 3 is 2.82 bits per heavy atom. The maximum absolute atomic E-state index is 8.22. The van der Waals surface area contributed by atoms with Gasteiger partial charge < -0.3 is 4.74 Å². The highest BCUT2D eigenvalue weighted by Crippen LogP contribution is 2.48. The van der Waals surface area contributed by atoms with Crippen molar-refractivity contribution < 1.29 is 4.74 Å². The predicted molar refractivity (Wildman–Crippen MR) is 40.5 cm³/mol. The van der Waals surface area contributed by atoms with Crippen molar-refractivity contribution >= 4 is 0 Å². The first kappa shape index (κ1) is 6.97. The average Bonchev–Trinajstić information content (AvgIpc) is 2.60. The summed E-state index contributed by atoms with van der Waals surface area (Å²) in [5, 5.41) is 8.22. The number of rotatable bonds is 2. The molecule has 2 heteroatoms. The number of fused-ring (bicyclic) bond motifs is 2. The molecular formula is C9H13NO. The summed E-state index contributed by atoms with van der Waals surface area (Å²) in [6.45, 7) is 0.678. The van der Waals surface area contributed by atoms with Crippen molar-refractivity contribution in [2.45, 2.75) is 25.7 Å². The van der Waals surface area contributed by atoms with Gasteiger partial charge in [-0.1, -0.05) is 6.42 Å². The van der Waals surface area contributed by atoms with E-state index in [-0.39, 0.29) is 0 Å². The fourth-order valence-electron chi connectivity index (χ4n) is 2.72. The second-order valence-corrected chi connectivity index (χ2v) is 3.84. The van der Waals surface area contributed by atoms with E-state index < -0.39 is 0 Å². The second-order valence-electron chi connectivity index (χ2n) is 3.84. The molecule has 60 valence electrons. The normalized spacial score (nSPS) is 40.5. The maximum atomic E-state index is 8.22. The molecule has 0 amide bonds. The van der Waals surface area contributed by atoms with Crippen LogP contribution in [0.15, 0.2) is 0 Å². The van der Waals surface area contributed by atoms with Gasteiger partial charge in [-0.25, -0.2) is 0 Å². The molecule has 0 aliphatic heterocycles. The molecule has 0 heterocycles. The van der Waals surface area contributed by atoms with Crippen LogP contribution in [0, 0.1) is 29.3 Å². The maximum Gasteiger partial charge on any atom is 0.286 e. The minimum absolute atomic E-state index is 0.678. The van der Waals surface area contributed by atoms with Crippen molar-refractivity contribution in [3.63, 3.8) is 0 Å². The number of hydrogen-bond donors (Lipinski definition) is 0. The average molecular weight is 151 g/mol. The van der Waals surface area contributed by atoms with E-state index in [0.29, 0.717) is 12.5 Å². The molecule has 2 fully saturated rings. The first-order valence-corrected chi connectivity index (χ1v) is 4.41. The third-order valence-corrected chi connectivity index (χ3v) is 3.25. The van der Waals surface area contributed by atoms with Crippen LogP contribution in [0.4, 0.5) is 0 Å². The van der Waals surface area contributed by atoms with Crippen LogP contribution in [0.2, 0.25) is 0 Å². The molecule has 3 unspecified atom stereocenters. The van der Waals surface area contributed by atoms with Crippen LogP contribution in [0.25, 0.3) is 0 Å². The molecule has 2 aliphatic carbocycles.